The van der Waals surface area contributed by atoms with Crippen molar-refractivity contribution < 1.29 is 22.7 Å². The summed E-state index contributed by atoms with van der Waals surface area (Å²) < 4.78 is 37.4. The molecule has 0 atom stereocenters. The van der Waals surface area contributed by atoms with Crippen LogP contribution in [-0.4, -0.2) is 77.5 Å². The van der Waals surface area contributed by atoms with Crippen LogP contribution in [0.25, 0.3) is 0 Å². The number of carbonyl (C=O) groups is 1. The number of aryl methyl sites for hydroxylation is 1. The number of nitrogens with one attached hydrogen (secondary N) is 1. The maximum absolute atomic E-state index is 12.7. The SMILES string of the molecule is O=C(CCc1ccc(S(=O)(=O)N2CCOCC2)cc1)N/N=C/c1ccc(N2CCOCC2)s1. The van der Waals surface area contributed by atoms with Crippen molar-refractivity contribution >= 4 is 38.5 Å². The molecule has 0 saturated carbocycles. The Balaban J connectivity index is 1.23. The summed E-state index contributed by atoms with van der Waals surface area (Å²) in [5.41, 5.74) is 3.45. The minimum atomic E-state index is -3.51. The third kappa shape index (κ3) is 6.39. The van der Waals surface area contributed by atoms with Crippen LogP contribution in [0, 0.1) is 0 Å². The Morgan fingerprint density at radius 3 is 2.36 bits per heavy atom. The highest BCUT2D eigenvalue weighted by Gasteiger charge is 2.26. The van der Waals surface area contributed by atoms with Gasteiger partial charge < -0.3 is 14.4 Å². The van der Waals surface area contributed by atoms with Crippen molar-refractivity contribution in [3.8, 4) is 0 Å². The molecular formula is C22H28N4O5S2. The molecule has 4 rings (SSSR count). The molecule has 33 heavy (non-hydrogen) atoms. The number of carbonyl (C=O) groups excluding carboxylic acids is 1. The molecular weight excluding hydrogens is 464 g/mol. The topological polar surface area (TPSA) is 101 Å². The molecule has 1 aromatic carbocycles. The van der Waals surface area contributed by atoms with Crippen LogP contribution < -0.4 is 10.3 Å². The lowest BCUT2D eigenvalue weighted by atomic mass is 10.1. The van der Waals surface area contributed by atoms with Gasteiger partial charge in [-0.05, 0) is 36.2 Å². The highest BCUT2D eigenvalue weighted by molar-refractivity contribution is 7.89. The third-order valence-corrected chi connectivity index (χ3v) is 8.48. The molecule has 0 unspecified atom stereocenters. The average molecular weight is 493 g/mol. The normalized spacial score (nSPS) is 18.0. The molecule has 1 amide bonds. The van der Waals surface area contributed by atoms with E-state index in [2.05, 4.69) is 21.5 Å². The quantitative estimate of drug-likeness (QED) is 0.445. The number of rotatable bonds is 8. The summed E-state index contributed by atoms with van der Waals surface area (Å²) in [7, 11) is -3.51. The van der Waals surface area contributed by atoms with Crippen LogP contribution in [0.5, 0.6) is 0 Å². The zero-order valence-electron chi connectivity index (χ0n) is 18.3. The van der Waals surface area contributed by atoms with Crippen molar-refractivity contribution in [1.82, 2.24) is 9.73 Å². The highest BCUT2D eigenvalue weighted by atomic mass is 32.2. The van der Waals surface area contributed by atoms with Gasteiger partial charge in [0.15, 0.2) is 0 Å². The second kappa shape index (κ2) is 11.2. The van der Waals surface area contributed by atoms with Crippen LogP contribution in [0.2, 0.25) is 0 Å². The van der Waals surface area contributed by atoms with Crippen molar-refractivity contribution in [3.63, 3.8) is 0 Å². The van der Waals surface area contributed by atoms with Gasteiger partial charge in [0.2, 0.25) is 15.9 Å². The maximum atomic E-state index is 12.7. The predicted molar refractivity (Wildman–Crippen MR) is 127 cm³/mol. The van der Waals surface area contributed by atoms with Crippen LogP contribution in [-0.2, 0) is 30.7 Å². The number of hydrogen-bond donors (Lipinski definition) is 1. The summed E-state index contributed by atoms with van der Waals surface area (Å²) in [4.78, 5) is 15.6. The molecule has 2 fully saturated rings. The fourth-order valence-electron chi connectivity index (χ4n) is 3.61. The number of sulfonamides is 1. The number of nitrogens with zero attached hydrogens (tertiary/aromatic N) is 3. The summed E-state index contributed by atoms with van der Waals surface area (Å²) in [6.45, 7) is 4.80. The summed E-state index contributed by atoms with van der Waals surface area (Å²) in [6.07, 6.45) is 2.41. The van der Waals surface area contributed by atoms with Crippen molar-refractivity contribution in [2.75, 3.05) is 57.5 Å². The van der Waals surface area contributed by atoms with Crippen LogP contribution >= 0.6 is 11.3 Å². The molecule has 2 aromatic rings. The predicted octanol–water partition coefficient (Wildman–Crippen LogP) is 1.69. The lowest BCUT2D eigenvalue weighted by Gasteiger charge is -2.27. The van der Waals surface area contributed by atoms with Gasteiger partial charge in [0.1, 0.15) is 0 Å². The Labute approximate surface area is 198 Å². The van der Waals surface area contributed by atoms with Gasteiger partial charge in [-0.15, -0.1) is 11.3 Å². The maximum Gasteiger partial charge on any atom is 0.243 e. The number of amides is 1. The molecule has 2 aliphatic rings. The van der Waals surface area contributed by atoms with E-state index in [0.29, 0.717) is 32.7 Å². The van der Waals surface area contributed by atoms with Crippen molar-refractivity contribution in [2.24, 2.45) is 5.10 Å². The van der Waals surface area contributed by atoms with Crippen molar-refractivity contribution in [3.05, 3.63) is 46.8 Å². The van der Waals surface area contributed by atoms with Crippen LogP contribution in [0.1, 0.15) is 16.9 Å². The monoisotopic (exact) mass is 492 g/mol. The van der Waals surface area contributed by atoms with Crippen LogP contribution in [0.4, 0.5) is 5.00 Å². The lowest BCUT2D eigenvalue weighted by Crippen LogP contribution is -2.40. The smallest absolute Gasteiger partial charge is 0.243 e. The Hall–Kier alpha value is -2.31. The molecule has 178 valence electrons. The van der Waals surface area contributed by atoms with Crippen LogP contribution in [0.3, 0.4) is 0 Å². The number of morpholine rings is 2. The van der Waals surface area contributed by atoms with Gasteiger partial charge in [0.25, 0.3) is 0 Å². The first-order valence-electron chi connectivity index (χ1n) is 10.9. The van der Waals surface area contributed by atoms with Gasteiger partial charge in [-0.2, -0.15) is 9.41 Å². The van der Waals surface area contributed by atoms with Crippen LogP contribution in [0.15, 0.2) is 46.4 Å². The zero-order valence-corrected chi connectivity index (χ0v) is 19.9. The number of anilines is 1. The van der Waals surface area contributed by atoms with E-state index in [-0.39, 0.29) is 17.2 Å². The molecule has 3 heterocycles. The minimum absolute atomic E-state index is 0.193. The summed E-state index contributed by atoms with van der Waals surface area (Å²) in [5, 5.41) is 5.23. The Bertz CT molecular complexity index is 1060. The van der Waals surface area contributed by atoms with E-state index < -0.39 is 10.0 Å². The number of ether oxygens (including phenoxy) is 2. The van der Waals surface area contributed by atoms with Crippen molar-refractivity contribution in [1.29, 1.82) is 0 Å². The zero-order chi connectivity index (χ0) is 23.1. The molecule has 9 nitrogen and oxygen atoms in total. The molecule has 0 radical (unpaired) electrons. The molecule has 2 saturated heterocycles. The number of thiophene rings is 1. The summed E-state index contributed by atoms with van der Waals surface area (Å²) in [5.74, 6) is -0.193. The largest absolute Gasteiger partial charge is 0.379 e. The van der Waals surface area contributed by atoms with Gasteiger partial charge in [-0.25, -0.2) is 13.8 Å². The fraction of sp³-hybridized carbons (Fsp3) is 0.455. The Kier molecular flexibility index (Phi) is 8.10. The van der Waals surface area contributed by atoms with E-state index in [0.717, 1.165) is 36.7 Å². The number of benzene rings is 1. The number of hydrazone groups is 1. The van der Waals surface area contributed by atoms with Gasteiger partial charge in [-0.3, -0.25) is 4.79 Å². The first-order valence-corrected chi connectivity index (χ1v) is 13.2. The van der Waals surface area contributed by atoms with E-state index >= 15 is 0 Å². The average Bonchev–Trinajstić information content (AvgIpc) is 3.33. The Morgan fingerprint density at radius 1 is 1.00 bits per heavy atom. The van der Waals surface area contributed by atoms with E-state index in [9.17, 15) is 13.2 Å². The third-order valence-electron chi connectivity index (χ3n) is 5.49. The molecule has 11 heteroatoms. The Morgan fingerprint density at radius 2 is 1.67 bits per heavy atom. The molecule has 2 aliphatic heterocycles. The minimum Gasteiger partial charge on any atom is -0.379 e. The van der Waals surface area contributed by atoms with Crippen molar-refractivity contribution in [2.45, 2.75) is 17.7 Å². The first kappa shape index (κ1) is 23.8. The molecule has 0 spiro atoms. The lowest BCUT2D eigenvalue weighted by molar-refractivity contribution is -0.121. The fourth-order valence-corrected chi connectivity index (χ4v) is 5.95. The second-order valence-electron chi connectivity index (χ2n) is 7.73. The molecule has 0 bridgehead atoms. The summed E-state index contributed by atoms with van der Waals surface area (Å²) >= 11 is 1.63. The van der Waals surface area contributed by atoms with E-state index in [1.807, 2.05) is 6.07 Å². The molecule has 1 N–H and O–H groups in total. The van der Waals surface area contributed by atoms with Gasteiger partial charge >= 0.3 is 0 Å². The summed E-state index contributed by atoms with van der Waals surface area (Å²) in [6, 6.07) is 10.7. The molecule has 1 aromatic heterocycles. The second-order valence-corrected chi connectivity index (χ2v) is 10.8. The first-order chi connectivity index (χ1) is 16.0. The van der Waals surface area contributed by atoms with E-state index in [1.165, 1.54) is 9.31 Å². The van der Waals surface area contributed by atoms with Gasteiger partial charge in [0.05, 0.1) is 42.5 Å². The van der Waals surface area contributed by atoms with E-state index in [1.54, 1.807) is 41.8 Å². The number of hydrogen-bond acceptors (Lipinski definition) is 8. The van der Waals surface area contributed by atoms with Gasteiger partial charge in [0, 0.05) is 37.5 Å². The highest BCUT2D eigenvalue weighted by Crippen LogP contribution is 2.25. The standard InChI is InChI=1S/C22H28N4O5S2/c27-21(24-23-17-19-4-8-22(32-19)25-9-13-30-14-10-25)7-3-18-1-5-20(6-2-18)33(28,29)26-11-15-31-16-12-26/h1-2,4-6,8,17H,3,7,9-16H2,(H,24,27)/b23-17+. The van der Waals surface area contributed by atoms with E-state index in [4.69, 9.17) is 9.47 Å². The van der Waals surface area contributed by atoms with Gasteiger partial charge in [-0.1, -0.05) is 12.1 Å². The molecule has 0 aliphatic carbocycles.